The van der Waals surface area contributed by atoms with E-state index in [2.05, 4.69) is 12.2 Å². The van der Waals surface area contributed by atoms with Gasteiger partial charge in [-0.25, -0.2) is 14.0 Å². The van der Waals surface area contributed by atoms with Crippen molar-refractivity contribution < 1.29 is 24.2 Å². The lowest BCUT2D eigenvalue weighted by Gasteiger charge is -2.30. The number of aliphatic carboxylic acids is 2. The quantitative estimate of drug-likeness (QED) is 0.554. The Hall–Kier alpha value is -1.21. The van der Waals surface area contributed by atoms with Gasteiger partial charge in [0.2, 0.25) is 0 Å². The molecule has 7 heteroatoms. The molecule has 6 nitrogen and oxygen atoms in total. The number of halogens is 1. The highest BCUT2D eigenvalue weighted by molar-refractivity contribution is 6.27. The summed E-state index contributed by atoms with van der Waals surface area (Å²) in [5, 5.41) is 18.4. The molecule has 1 aliphatic heterocycles. The van der Waals surface area contributed by atoms with E-state index in [-0.39, 0.29) is 0 Å². The third kappa shape index (κ3) is 4.42. The molecule has 5 unspecified atom stereocenters. The molecular weight excluding hydrogens is 267 g/mol. The number of carboxylic acid groups (broad SMARTS) is 2. The maximum absolute atomic E-state index is 13.3. The fourth-order valence-electron chi connectivity index (χ4n) is 3.32. The normalized spacial score (nSPS) is 35.6. The second-order valence-corrected chi connectivity index (χ2v) is 5.49. The van der Waals surface area contributed by atoms with Crippen LogP contribution in [0.4, 0.5) is 4.39 Å². The zero-order valence-corrected chi connectivity index (χ0v) is 11.6. The highest BCUT2D eigenvalue weighted by Gasteiger charge is 2.43. The van der Waals surface area contributed by atoms with Crippen LogP contribution in [0.15, 0.2) is 0 Å². The molecule has 0 amide bonds. The zero-order valence-electron chi connectivity index (χ0n) is 11.6. The molecule has 0 aromatic heterocycles. The molecule has 2 fully saturated rings. The van der Waals surface area contributed by atoms with Gasteiger partial charge in [0.15, 0.2) is 0 Å². The molecule has 1 saturated heterocycles. The highest BCUT2D eigenvalue weighted by Crippen LogP contribution is 2.39. The van der Waals surface area contributed by atoms with E-state index >= 15 is 0 Å². The van der Waals surface area contributed by atoms with Crippen molar-refractivity contribution in [1.82, 2.24) is 5.32 Å². The van der Waals surface area contributed by atoms with Crippen LogP contribution in [0.5, 0.6) is 0 Å². The minimum absolute atomic E-state index is 0.527. The largest absolute Gasteiger partial charge is 0.473 e. The number of carboxylic acids is 2. The van der Waals surface area contributed by atoms with E-state index in [1.807, 2.05) is 0 Å². The van der Waals surface area contributed by atoms with Crippen molar-refractivity contribution in [1.29, 1.82) is 0 Å². The second-order valence-electron chi connectivity index (χ2n) is 5.49. The SMILES string of the molecule is CC1NC2CCC(F)CC2C1CCN.O=C(O)C(=O)O. The third-order valence-electron chi connectivity index (χ3n) is 4.19. The Morgan fingerprint density at radius 3 is 2.40 bits per heavy atom. The van der Waals surface area contributed by atoms with Crippen molar-refractivity contribution in [2.45, 2.75) is 50.9 Å². The smallest absolute Gasteiger partial charge is 0.414 e. The number of hydrogen-bond acceptors (Lipinski definition) is 4. The van der Waals surface area contributed by atoms with Gasteiger partial charge in [-0.1, -0.05) is 0 Å². The van der Waals surface area contributed by atoms with Gasteiger partial charge < -0.3 is 21.3 Å². The summed E-state index contributed by atoms with van der Waals surface area (Å²) in [5.41, 5.74) is 5.61. The molecule has 0 radical (unpaired) electrons. The number of nitrogens with one attached hydrogen (secondary N) is 1. The van der Waals surface area contributed by atoms with Crippen LogP contribution in [-0.4, -0.2) is 47.0 Å². The molecule has 5 N–H and O–H groups in total. The number of hydrogen-bond donors (Lipinski definition) is 4. The van der Waals surface area contributed by atoms with E-state index in [0.29, 0.717) is 23.9 Å². The van der Waals surface area contributed by atoms with Gasteiger partial charge >= 0.3 is 11.9 Å². The van der Waals surface area contributed by atoms with E-state index in [1.165, 1.54) is 0 Å². The molecule has 0 aromatic rings. The van der Waals surface area contributed by atoms with Crippen molar-refractivity contribution in [3.63, 3.8) is 0 Å². The first kappa shape index (κ1) is 16.8. The first-order chi connectivity index (χ1) is 9.36. The van der Waals surface area contributed by atoms with Crippen molar-refractivity contribution in [2.24, 2.45) is 17.6 Å². The molecule has 1 aliphatic carbocycles. The highest BCUT2D eigenvalue weighted by atomic mass is 19.1. The van der Waals surface area contributed by atoms with Crippen molar-refractivity contribution >= 4 is 11.9 Å². The summed E-state index contributed by atoms with van der Waals surface area (Å²) in [6.45, 7) is 2.95. The monoisotopic (exact) mass is 290 g/mol. The fourth-order valence-corrected chi connectivity index (χ4v) is 3.32. The van der Waals surface area contributed by atoms with Crippen molar-refractivity contribution in [2.75, 3.05) is 6.54 Å². The van der Waals surface area contributed by atoms with Gasteiger partial charge in [0.1, 0.15) is 6.17 Å². The molecule has 0 bridgehead atoms. The standard InChI is InChI=1S/C11H21FN2.C2H2O4/c1-7-9(4-5-13)10-6-8(12)2-3-11(10)14-7;3-1(4)2(5)6/h7-11,14H,2-6,13H2,1H3;(H,3,4)(H,5,6). The predicted octanol–water partition coefficient (Wildman–Crippen LogP) is 0.606. The van der Waals surface area contributed by atoms with Crippen LogP contribution in [0.1, 0.15) is 32.6 Å². The summed E-state index contributed by atoms with van der Waals surface area (Å²) in [5.74, 6) is -2.51. The van der Waals surface area contributed by atoms with Crippen molar-refractivity contribution in [3.8, 4) is 0 Å². The lowest BCUT2D eigenvalue weighted by molar-refractivity contribution is -0.159. The van der Waals surface area contributed by atoms with E-state index < -0.39 is 18.1 Å². The molecule has 1 heterocycles. The molecule has 2 aliphatic rings. The first-order valence-electron chi connectivity index (χ1n) is 6.93. The minimum Gasteiger partial charge on any atom is -0.473 e. The Morgan fingerprint density at radius 1 is 1.30 bits per heavy atom. The summed E-state index contributed by atoms with van der Waals surface area (Å²) in [7, 11) is 0. The van der Waals surface area contributed by atoms with Gasteiger partial charge in [-0.05, 0) is 51.0 Å². The Labute approximate surface area is 117 Å². The Balaban J connectivity index is 0.000000286. The molecule has 0 spiro atoms. The van der Waals surface area contributed by atoms with Crippen LogP contribution in [0, 0.1) is 11.8 Å². The molecular formula is C13H23FN2O4. The lowest BCUT2D eigenvalue weighted by Crippen LogP contribution is -2.35. The zero-order chi connectivity index (χ0) is 15.3. The number of nitrogens with two attached hydrogens (primary N) is 1. The van der Waals surface area contributed by atoms with Crippen LogP contribution in [0.25, 0.3) is 0 Å². The maximum atomic E-state index is 13.3. The Kier molecular flexibility index (Phi) is 6.35. The van der Waals surface area contributed by atoms with Crippen LogP contribution in [-0.2, 0) is 9.59 Å². The molecule has 2 rings (SSSR count). The fraction of sp³-hybridized carbons (Fsp3) is 0.846. The molecule has 116 valence electrons. The summed E-state index contributed by atoms with van der Waals surface area (Å²) < 4.78 is 13.3. The topological polar surface area (TPSA) is 113 Å². The van der Waals surface area contributed by atoms with Gasteiger partial charge in [0.05, 0.1) is 0 Å². The number of rotatable bonds is 2. The number of fused-ring (bicyclic) bond motifs is 1. The van der Waals surface area contributed by atoms with Gasteiger partial charge in [-0.3, -0.25) is 0 Å². The molecule has 20 heavy (non-hydrogen) atoms. The van der Waals surface area contributed by atoms with Gasteiger partial charge in [0, 0.05) is 12.1 Å². The number of alkyl halides is 1. The van der Waals surface area contributed by atoms with Crippen LogP contribution in [0.2, 0.25) is 0 Å². The van der Waals surface area contributed by atoms with E-state index in [9.17, 15) is 4.39 Å². The van der Waals surface area contributed by atoms with Crippen molar-refractivity contribution in [3.05, 3.63) is 0 Å². The Bertz CT molecular complexity index is 341. The van der Waals surface area contributed by atoms with E-state index in [4.69, 9.17) is 25.5 Å². The van der Waals surface area contributed by atoms with Gasteiger partial charge in [0.25, 0.3) is 0 Å². The average molecular weight is 290 g/mol. The van der Waals surface area contributed by atoms with Gasteiger partial charge in [-0.15, -0.1) is 0 Å². The molecule has 0 aromatic carbocycles. The third-order valence-corrected chi connectivity index (χ3v) is 4.19. The lowest BCUT2D eigenvalue weighted by atomic mass is 9.76. The average Bonchev–Trinajstić information content (AvgIpc) is 2.67. The number of carbonyl (C=O) groups is 2. The summed E-state index contributed by atoms with van der Waals surface area (Å²) >= 11 is 0. The van der Waals surface area contributed by atoms with Crippen LogP contribution in [0.3, 0.4) is 0 Å². The summed E-state index contributed by atoms with van der Waals surface area (Å²) in [6, 6.07) is 1.09. The molecule has 1 saturated carbocycles. The summed E-state index contributed by atoms with van der Waals surface area (Å²) in [6.07, 6.45) is 2.99. The van der Waals surface area contributed by atoms with E-state index in [0.717, 1.165) is 32.2 Å². The predicted molar refractivity (Wildman–Crippen MR) is 71.1 cm³/mol. The van der Waals surface area contributed by atoms with Crippen LogP contribution < -0.4 is 11.1 Å². The first-order valence-corrected chi connectivity index (χ1v) is 6.93. The minimum atomic E-state index is -1.82. The Morgan fingerprint density at radius 2 is 1.90 bits per heavy atom. The summed E-state index contributed by atoms with van der Waals surface area (Å²) in [4.78, 5) is 18.2. The second kappa shape index (κ2) is 7.54. The van der Waals surface area contributed by atoms with Gasteiger partial charge in [-0.2, -0.15) is 0 Å². The van der Waals surface area contributed by atoms with Crippen LogP contribution >= 0.6 is 0 Å². The van der Waals surface area contributed by atoms with E-state index in [1.54, 1.807) is 0 Å². The molecule has 5 atom stereocenters. The maximum Gasteiger partial charge on any atom is 0.414 e.